The maximum Gasteiger partial charge on any atom is 0.223 e. The molecule has 0 spiro atoms. The molecule has 3 rings (SSSR count). The van der Waals surface area contributed by atoms with E-state index in [1.165, 1.54) is 10.8 Å². The Balaban J connectivity index is 1.66. The number of amides is 1. The fraction of sp³-hybridized carbons (Fsp3) is 0.581. The maximum atomic E-state index is 13.4. The summed E-state index contributed by atoms with van der Waals surface area (Å²) in [5.41, 5.74) is 1.16. The lowest BCUT2D eigenvalue weighted by Gasteiger charge is -2.26. The molecule has 5 nitrogen and oxygen atoms in total. The summed E-state index contributed by atoms with van der Waals surface area (Å²) >= 11 is 0. The van der Waals surface area contributed by atoms with Crippen LogP contribution in [0.25, 0.3) is 10.8 Å². The number of fused-ring (bicyclic) bond motifs is 1. The van der Waals surface area contributed by atoms with E-state index in [4.69, 9.17) is 0 Å². The highest BCUT2D eigenvalue weighted by Gasteiger charge is 2.31. The van der Waals surface area contributed by atoms with Crippen molar-refractivity contribution in [2.24, 2.45) is 23.7 Å². The van der Waals surface area contributed by atoms with Gasteiger partial charge in [0.2, 0.25) is 5.91 Å². The zero-order valence-electron chi connectivity index (χ0n) is 22.2. The first-order valence-corrected chi connectivity index (χ1v) is 13.7. The van der Waals surface area contributed by atoms with Crippen LogP contribution < -0.4 is 5.32 Å². The highest BCUT2D eigenvalue weighted by Crippen LogP contribution is 2.28. The Labute approximate surface area is 216 Å². The van der Waals surface area contributed by atoms with Crippen molar-refractivity contribution in [2.75, 3.05) is 6.61 Å². The number of aliphatic hydroxyl groups excluding tert-OH is 1. The number of hydrogen-bond donors (Lipinski definition) is 2. The van der Waals surface area contributed by atoms with E-state index in [0.29, 0.717) is 38.5 Å². The third-order valence-electron chi connectivity index (χ3n) is 7.59. The van der Waals surface area contributed by atoms with Crippen LogP contribution in [0.3, 0.4) is 0 Å². The summed E-state index contributed by atoms with van der Waals surface area (Å²) in [6, 6.07) is 14.3. The summed E-state index contributed by atoms with van der Waals surface area (Å²) in [6.45, 7) is 6.17. The van der Waals surface area contributed by atoms with Crippen molar-refractivity contribution in [1.29, 1.82) is 0 Å². The van der Waals surface area contributed by atoms with Crippen LogP contribution in [0, 0.1) is 23.7 Å². The van der Waals surface area contributed by atoms with Gasteiger partial charge in [-0.1, -0.05) is 63.2 Å². The predicted molar refractivity (Wildman–Crippen MR) is 145 cm³/mol. The minimum atomic E-state index is -0.386. The molecule has 0 radical (unpaired) electrons. The molecule has 0 aliphatic heterocycles. The van der Waals surface area contributed by atoms with Gasteiger partial charge in [-0.15, -0.1) is 0 Å². The van der Waals surface area contributed by atoms with Crippen molar-refractivity contribution in [2.45, 2.75) is 84.6 Å². The molecule has 196 valence electrons. The van der Waals surface area contributed by atoms with Gasteiger partial charge in [-0.05, 0) is 67.2 Å². The SMILES string of the molecule is CC(C)C[C@H](CC(=O)[C@@H](C)Cc1cccc2ccccc12)C(=O)N[C@H](CCCO)C[C@@H]1CCCC1=O. The van der Waals surface area contributed by atoms with E-state index in [2.05, 4.69) is 43.4 Å². The van der Waals surface area contributed by atoms with E-state index >= 15 is 0 Å². The van der Waals surface area contributed by atoms with Crippen molar-refractivity contribution in [3.63, 3.8) is 0 Å². The van der Waals surface area contributed by atoms with Crippen molar-refractivity contribution < 1.29 is 19.5 Å². The Hall–Kier alpha value is -2.53. The Morgan fingerprint density at radius 1 is 1.08 bits per heavy atom. The molecule has 1 aliphatic carbocycles. The number of hydrogen-bond acceptors (Lipinski definition) is 4. The summed E-state index contributed by atoms with van der Waals surface area (Å²) < 4.78 is 0. The molecule has 2 aromatic carbocycles. The van der Waals surface area contributed by atoms with Gasteiger partial charge >= 0.3 is 0 Å². The van der Waals surface area contributed by atoms with E-state index in [9.17, 15) is 19.5 Å². The van der Waals surface area contributed by atoms with Gasteiger partial charge in [-0.25, -0.2) is 0 Å². The second kappa shape index (κ2) is 13.7. The Morgan fingerprint density at radius 2 is 1.83 bits per heavy atom. The van der Waals surface area contributed by atoms with Gasteiger partial charge in [0.25, 0.3) is 0 Å². The first-order valence-electron chi connectivity index (χ1n) is 13.7. The molecule has 0 aromatic heterocycles. The van der Waals surface area contributed by atoms with E-state index in [0.717, 1.165) is 18.4 Å². The lowest BCUT2D eigenvalue weighted by molar-refractivity contribution is -0.132. The molecular formula is C31H43NO4. The van der Waals surface area contributed by atoms with Crippen molar-refractivity contribution in [3.05, 3.63) is 48.0 Å². The topological polar surface area (TPSA) is 83.5 Å². The van der Waals surface area contributed by atoms with Crippen LogP contribution in [0.5, 0.6) is 0 Å². The molecular weight excluding hydrogens is 450 g/mol. The summed E-state index contributed by atoms with van der Waals surface area (Å²) in [7, 11) is 0. The molecule has 5 heteroatoms. The highest BCUT2D eigenvalue weighted by atomic mass is 16.3. The number of nitrogens with one attached hydrogen (secondary N) is 1. The average Bonchev–Trinajstić information content (AvgIpc) is 3.25. The molecule has 2 N–H and O–H groups in total. The summed E-state index contributed by atoms with van der Waals surface area (Å²) in [5.74, 6) is 0.0240. The van der Waals surface area contributed by atoms with E-state index < -0.39 is 0 Å². The molecule has 36 heavy (non-hydrogen) atoms. The van der Waals surface area contributed by atoms with E-state index in [1.807, 2.05) is 25.1 Å². The minimum Gasteiger partial charge on any atom is -0.396 e. The van der Waals surface area contributed by atoms with E-state index in [1.54, 1.807) is 0 Å². The predicted octanol–water partition coefficient (Wildman–Crippen LogP) is 5.66. The maximum absolute atomic E-state index is 13.4. The summed E-state index contributed by atoms with van der Waals surface area (Å²) in [6.07, 6.45) is 5.81. The number of rotatable bonds is 14. The Kier molecular flexibility index (Phi) is 10.7. The summed E-state index contributed by atoms with van der Waals surface area (Å²) in [4.78, 5) is 38.9. The lowest BCUT2D eigenvalue weighted by Crippen LogP contribution is -2.41. The number of ketones is 2. The zero-order valence-corrected chi connectivity index (χ0v) is 22.2. The molecule has 1 saturated carbocycles. The van der Waals surface area contributed by atoms with Crippen LogP contribution in [0.4, 0.5) is 0 Å². The molecule has 1 aliphatic rings. The fourth-order valence-corrected chi connectivity index (χ4v) is 5.60. The van der Waals surface area contributed by atoms with Gasteiger partial charge in [-0.2, -0.15) is 0 Å². The molecule has 4 atom stereocenters. The normalized spacial score (nSPS) is 18.4. The second-order valence-corrected chi connectivity index (χ2v) is 11.1. The van der Waals surface area contributed by atoms with Crippen LogP contribution in [0.15, 0.2) is 42.5 Å². The van der Waals surface area contributed by atoms with Crippen LogP contribution >= 0.6 is 0 Å². The number of carbonyl (C=O) groups excluding carboxylic acids is 3. The molecule has 1 fully saturated rings. The largest absolute Gasteiger partial charge is 0.396 e. The molecule has 1 amide bonds. The molecule has 0 unspecified atom stereocenters. The van der Waals surface area contributed by atoms with Crippen LogP contribution in [-0.2, 0) is 20.8 Å². The van der Waals surface area contributed by atoms with Crippen LogP contribution in [0.2, 0.25) is 0 Å². The Morgan fingerprint density at radius 3 is 2.53 bits per heavy atom. The number of carbonyl (C=O) groups is 3. The monoisotopic (exact) mass is 493 g/mol. The second-order valence-electron chi connectivity index (χ2n) is 11.1. The first-order chi connectivity index (χ1) is 17.3. The molecule has 0 bridgehead atoms. The van der Waals surface area contributed by atoms with Crippen molar-refractivity contribution >= 4 is 28.2 Å². The minimum absolute atomic E-state index is 0.000101. The number of aliphatic hydroxyl groups is 1. The smallest absolute Gasteiger partial charge is 0.223 e. The average molecular weight is 494 g/mol. The lowest BCUT2D eigenvalue weighted by atomic mass is 9.85. The molecule has 2 aromatic rings. The summed E-state index contributed by atoms with van der Waals surface area (Å²) in [5, 5.41) is 14.8. The Bertz CT molecular complexity index is 1020. The number of Topliss-reactive ketones (excluding diaryl/α,β-unsaturated/α-hetero) is 2. The van der Waals surface area contributed by atoms with Gasteiger partial charge in [-0.3, -0.25) is 14.4 Å². The highest BCUT2D eigenvalue weighted by molar-refractivity contribution is 5.90. The third kappa shape index (κ3) is 7.99. The van der Waals surface area contributed by atoms with Gasteiger partial charge in [0.1, 0.15) is 11.6 Å². The standard InChI is InChI=1S/C31H43NO4/c1-21(2)17-26(31(36)32-27(13-8-16-33)19-25-12-7-15-29(25)34)20-30(35)22(3)18-24-11-6-10-23-9-4-5-14-28(23)24/h4-6,9-11,14,21-22,25-27,33H,7-8,12-13,15-20H2,1-3H3,(H,32,36)/t22-,25-,26+,27+/m0/s1. The first kappa shape index (κ1) is 28.0. The van der Waals surface area contributed by atoms with Gasteiger partial charge in [0.15, 0.2) is 0 Å². The van der Waals surface area contributed by atoms with Crippen molar-refractivity contribution in [3.8, 4) is 0 Å². The van der Waals surface area contributed by atoms with Crippen molar-refractivity contribution in [1.82, 2.24) is 5.32 Å². The van der Waals surface area contributed by atoms with Crippen LogP contribution in [0.1, 0.15) is 77.7 Å². The zero-order chi connectivity index (χ0) is 26.1. The van der Waals surface area contributed by atoms with Crippen LogP contribution in [-0.4, -0.2) is 35.2 Å². The fourth-order valence-electron chi connectivity index (χ4n) is 5.60. The van der Waals surface area contributed by atoms with Gasteiger partial charge in [0.05, 0.1) is 0 Å². The molecule has 0 saturated heterocycles. The third-order valence-corrected chi connectivity index (χ3v) is 7.59. The molecule has 0 heterocycles. The van der Waals surface area contributed by atoms with E-state index in [-0.39, 0.29) is 60.2 Å². The van der Waals surface area contributed by atoms with Gasteiger partial charge in [0, 0.05) is 43.2 Å². The quantitative estimate of drug-likeness (QED) is 0.356. The van der Waals surface area contributed by atoms with Gasteiger partial charge < -0.3 is 10.4 Å². The number of benzene rings is 2.